The average molecular weight is 383 g/mol. The summed E-state index contributed by atoms with van der Waals surface area (Å²) in [6, 6.07) is 14.5. The highest BCUT2D eigenvalue weighted by molar-refractivity contribution is 7.98. The molecule has 3 aromatic rings. The Bertz CT molecular complexity index is 908. The van der Waals surface area contributed by atoms with Gasteiger partial charge in [-0.15, -0.1) is 16.8 Å². The highest BCUT2D eigenvalue weighted by atomic mass is 32.2. The maximum Gasteiger partial charge on any atom is 0.191 e. The summed E-state index contributed by atoms with van der Waals surface area (Å²) in [5.74, 6) is 1.90. The Morgan fingerprint density at radius 3 is 2.70 bits per heavy atom. The number of allylic oxidation sites excluding steroid dienone is 1. The lowest BCUT2D eigenvalue weighted by atomic mass is 10.2. The van der Waals surface area contributed by atoms with Crippen molar-refractivity contribution in [1.82, 2.24) is 14.8 Å². The molecule has 0 fully saturated rings. The number of halogens is 1. The summed E-state index contributed by atoms with van der Waals surface area (Å²) in [6.07, 6.45) is 1.54. The lowest BCUT2D eigenvalue weighted by molar-refractivity contribution is 0.210. The third-order valence-corrected chi connectivity index (χ3v) is 5.05. The molecule has 6 heteroatoms. The van der Waals surface area contributed by atoms with Crippen LogP contribution in [0.25, 0.3) is 0 Å². The molecule has 0 bridgehead atoms. The number of thioether (sulfide) groups is 1. The topological polar surface area (TPSA) is 39.9 Å². The lowest BCUT2D eigenvalue weighted by Crippen LogP contribution is -2.12. The second-order valence-electron chi connectivity index (χ2n) is 6.23. The van der Waals surface area contributed by atoms with Crippen LogP contribution in [0, 0.1) is 12.7 Å². The van der Waals surface area contributed by atoms with Gasteiger partial charge in [-0.2, -0.15) is 0 Å². The van der Waals surface area contributed by atoms with Crippen molar-refractivity contribution in [2.45, 2.75) is 37.4 Å². The monoisotopic (exact) mass is 383 g/mol. The van der Waals surface area contributed by atoms with Gasteiger partial charge >= 0.3 is 0 Å². The van der Waals surface area contributed by atoms with Gasteiger partial charge in [0.15, 0.2) is 17.1 Å². The molecule has 1 heterocycles. The van der Waals surface area contributed by atoms with Gasteiger partial charge in [0.25, 0.3) is 0 Å². The molecule has 0 saturated carbocycles. The molecule has 0 saturated heterocycles. The quantitative estimate of drug-likeness (QED) is 0.389. The Kier molecular flexibility index (Phi) is 6.29. The summed E-state index contributed by atoms with van der Waals surface area (Å²) in [7, 11) is 0. The molecule has 1 atom stereocenters. The number of hydrogen-bond acceptors (Lipinski definition) is 4. The molecule has 27 heavy (non-hydrogen) atoms. The highest BCUT2D eigenvalue weighted by Crippen LogP contribution is 2.27. The van der Waals surface area contributed by atoms with Crippen molar-refractivity contribution in [3.63, 3.8) is 0 Å². The fraction of sp³-hybridized carbons (Fsp3) is 0.238. The SMILES string of the molecule is C=CCn1c(SCc2cccc(F)c2)nnc1[C@H](C)Oc1ccc(C)cc1. The van der Waals surface area contributed by atoms with Gasteiger partial charge in [-0.3, -0.25) is 4.57 Å². The van der Waals surface area contributed by atoms with Gasteiger partial charge in [0.2, 0.25) is 0 Å². The van der Waals surface area contributed by atoms with E-state index >= 15 is 0 Å². The first-order valence-corrected chi connectivity index (χ1v) is 9.70. The molecule has 140 valence electrons. The first-order valence-electron chi connectivity index (χ1n) is 8.71. The molecule has 0 unspecified atom stereocenters. The van der Waals surface area contributed by atoms with E-state index in [0.29, 0.717) is 12.3 Å². The highest BCUT2D eigenvalue weighted by Gasteiger charge is 2.19. The van der Waals surface area contributed by atoms with Crippen LogP contribution in [0.15, 0.2) is 66.3 Å². The Labute approximate surface area is 163 Å². The smallest absolute Gasteiger partial charge is 0.191 e. The third-order valence-electron chi connectivity index (χ3n) is 4.01. The molecule has 0 N–H and O–H groups in total. The zero-order valence-electron chi connectivity index (χ0n) is 15.4. The number of rotatable bonds is 8. The summed E-state index contributed by atoms with van der Waals surface area (Å²) < 4.78 is 21.4. The first kappa shape index (κ1) is 19.2. The largest absolute Gasteiger partial charge is 0.483 e. The van der Waals surface area contributed by atoms with E-state index in [2.05, 4.69) is 16.8 Å². The van der Waals surface area contributed by atoms with Crippen LogP contribution < -0.4 is 4.74 Å². The van der Waals surface area contributed by atoms with Crippen molar-refractivity contribution >= 4 is 11.8 Å². The third kappa shape index (κ3) is 4.98. The predicted octanol–water partition coefficient (Wildman–Crippen LogP) is 5.34. The maximum atomic E-state index is 13.4. The number of aryl methyl sites for hydroxylation is 1. The maximum absolute atomic E-state index is 13.4. The number of ether oxygens (including phenoxy) is 1. The van der Waals surface area contributed by atoms with E-state index in [1.54, 1.807) is 12.1 Å². The summed E-state index contributed by atoms with van der Waals surface area (Å²) in [6.45, 7) is 8.39. The van der Waals surface area contributed by atoms with E-state index in [4.69, 9.17) is 4.74 Å². The Morgan fingerprint density at radius 2 is 2.00 bits per heavy atom. The molecular formula is C21H22FN3OS. The number of benzene rings is 2. The normalized spacial score (nSPS) is 12.0. The minimum absolute atomic E-state index is 0.235. The molecule has 0 aliphatic rings. The Morgan fingerprint density at radius 1 is 1.22 bits per heavy atom. The van der Waals surface area contributed by atoms with Crippen LogP contribution in [0.1, 0.15) is 30.0 Å². The van der Waals surface area contributed by atoms with Crippen molar-refractivity contribution in [2.75, 3.05) is 0 Å². The minimum Gasteiger partial charge on any atom is -0.483 e. The number of aromatic nitrogens is 3. The molecule has 0 amide bonds. The molecule has 0 aliphatic heterocycles. The van der Waals surface area contributed by atoms with E-state index in [1.807, 2.05) is 48.7 Å². The van der Waals surface area contributed by atoms with Crippen molar-refractivity contribution in [3.8, 4) is 5.75 Å². The van der Waals surface area contributed by atoms with Crippen molar-refractivity contribution in [1.29, 1.82) is 0 Å². The van der Waals surface area contributed by atoms with Crippen LogP contribution in [0.2, 0.25) is 0 Å². The van der Waals surface area contributed by atoms with Gasteiger partial charge in [-0.25, -0.2) is 4.39 Å². The summed E-state index contributed by atoms with van der Waals surface area (Å²) in [5.41, 5.74) is 2.08. The van der Waals surface area contributed by atoms with Crippen LogP contribution in [-0.2, 0) is 12.3 Å². The van der Waals surface area contributed by atoms with Gasteiger partial charge in [0.05, 0.1) is 0 Å². The number of hydrogen-bond donors (Lipinski definition) is 0. The summed E-state index contributed by atoms with van der Waals surface area (Å²) in [5, 5.41) is 9.38. The zero-order chi connectivity index (χ0) is 19.2. The van der Waals surface area contributed by atoms with E-state index in [9.17, 15) is 4.39 Å². The van der Waals surface area contributed by atoms with Crippen molar-refractivity contribution < 1.29 is 9.13 Å². The van der Waals surface area contributed by atoms with Crippen LogP contribution in [0.4, 0.5) is 4.39 Å². The van der Waals surface area contributed by atoms with Gasteiger partial charge in [-0.05, 0) is 43.7 Å². The molecule has 3 rings (SSSR count). The second-order valence-corrected chi connectivity index (χ2v) is 7.17. The molecule has 0 radical (unpaired) electrons. The number of nitrogens with zero attached hydrogens (tertiary/aromatic N) is 3. The molecular weight excluding hydrogens is 361 g/mol. The Hall–Kier alpha value is -2.60. The predicted molar refractivity (Wildman–Crippen MR) is 106 cm³/mol. The van der Waals surface area contributed by atoms with E-state index < -0.39 is 0 Å². The minimum atomic E-state index is -0.260. The summed E-state index contributed by atoms with van der Waals surface area (Å²) >= 11 is 1.51. The molecule has 0 aliphatic carbocycles. The van der Waals surface area contributed by atoms with Gasteiger partial charge in [-0.1, -0.05) is 47.7 Å². The van der Waals surface area contributed by atoms with E-state index in [0.717, 1.165) is 22.3 Å². The van der Waals surface area contributed by atoms with E-state index in [-0.39, 0.29) is 11.9 Å². The van der Waals surface area contributed by atoms with Crippen LogP contribution in [-0.4, -0.2) is 14.8 Å². The van der Waals surface area contributed by atoms with Gasteiger partial charge in [0.1, 0.15) is 11.6 Å². The Balaban J connectivity index is 1.75. The van der Waals surface area contributed by atoms with Crippen molar-refractivity contribution in [3.05, 3.63) is 84.0 Å². The fourth-order valence-electron chi connectivity index (χ4n) is 2.66. The fourth-order valence-corrected chi connectivity index (χ4v) is 3.55. The molecule has 2 aromatic carbocycles. The van der Waals surface area contributed by atoms with Crippen LogP contribution in [0.5, 0.6) is 5.75 Å². The zero-order valence-corrected chi connectivity index (χ0v) is 16.2. The molecule has 1 aromatic heterocycles. The lowest BCUT2D eigenvalue weighted by Gasteiger charge is -2.16. The van der Waals surface area contributed by atoms with E-state index in [1.165, 1.54) is 29.5 Å². The molecule has 4 nitrogen and oxygen atoms in total. The van der Waals surface area contributed by atoms with Crippen LogP contribution in [0.3, 0.4) is 0 Å². The van der Waals surface area contributed by atoms with Crippen molar-refractivity contribution in [2.24, 2.45) is 0 Å². The molecule has 0 spiro atoms. The second kappa shape index (κ2) is 8.86. The van der Waals surface area contributed by atoms with Gasteiger partial charge in [0, 0.05) is 12.3 Å². The standard InChI is InChI=1S/C21H22FN3OS/c1-4-12-25-20(16(3)26-19-10-8-15(2)9-11-19)23-24-21(25)27-14-17-6-5-7-18(22)13-17/h4-11,13,16H,1,12,14H2,2-3H3/t16-/m0/s1. The first-order chi connectivity index (χ1) is 13.1. The summed E-state index contributed by atoms with van der Waals surface area (Å²) in [4.78, 5) is 0. The van der Waals surface area contributed by atoms with Gasteiger partial charge < -0.3 is 4.74 Å². The van der Waals surface area contributed by atoms with Crippen LogP contribution >= 0.6 is 11.8 Å². The average Bonchev–Trinajstić information content (AvgIpc) is 3.05.